The van der Waals surface area contributed by atoms with Crippen LogP contribution in [0.5, 0.6) is 0 Å². The number of thioether (sulfide) groups is 1. The van der Waals surface area contributed by atoms with Crippen LogP contribution in [0.2, 0.25) is 5.15 Å². The lowest BCUT2D eigenvalue weighted by atomic mass is 10.2. The third kappa shape index (κ3) is 3.72. The summed E-state index contributed by atoms with van der Waals surface area (Å²) in [5.41, 5.74) is 0. The van der Waals surface area contributed by atoms with Crippen LogP contribution < -0.4 is 4.90 Å². The van der Waals surface area contributed by atoms with Crippen molar-refractivity contribution < 1.29 is 5.11 Å². The molecule has 19 heavy (non-hydrogen) atoms. The Bertz CT molecular complexity index is 446. The van der Waals surface area contributed by atoms with Crippen molar-refractivity contribution >= 4 is 29.2 Å². The number of aliphatic hydroxyl groups excluding tert-OH is 1. The number of likely N-dealkylation sites (N-methyl/N-ethyl adjacent to an activating group) is 1. The van der Waals surface area contributed by atoms with Crippen molar-refractivity contribution in [2.45, 2.75) is 23.7 Å². The van der Waals surface area contributed by atoms with E-state index in [1.54, 1.807) is 6.07 Å². The molecular weight excluding hydrogens is 284 g/mol. The summed E-state index contributed by atoms with van der Waals surface area (Å²) in [5, 5.41) is 11.0. The zero-order valence-electron chi connectivity index (χ0n) is 11.4. The van der Waals surface area contributed by atoms with Crippen LogP contribution in [0.25, 0.3) is 0 Å². The van der Waals surface area contributed by atoms with Crippen LogP contribution in [-0.2, 0) is 0 Å². The number of hydrogen-bond acceptors (Lipinski definition) is 6. The monoisotopic (exact) mass is 302 g/mol. The molecule has 5 nitrogen and oxygen atoms in total. The van der Waals surface area contributed by atoms with Crippen molar-refractivity contribution in [1.82, 2.24) is 14.9 Å². The minimum absolute atomic E-state index is 0.255. The van der Waals surface area contributed by atoms with Gasteiger partial charge in [0.2, 0.25) is 0 Å². The lowest BCUT2D eigenvalue weighted by Crippen LogP contribution is -2.38. The Hall–Kier alpha value is -0.560. The fourth-order valence-corrected chi connectivity index (χ4v) is 2.99. The average molecular weight is 303 g/mol. The number of hydrogen-bond donors (Lipinski definition) is 1. The van der Waals surface area contributed by atoms with Crippen LogP contribution >= 0.6 is 23.4 Å². The molecule has 7 heteroatoms. The second-order valence-corrected chi connectivity index (χ2v) is 6.15. The van der Waals surface area contributed by atoms with Gasteiger partial charge in [0.1, 0.15) is 11.0 Å². The third-order valence-corrected chi connectivity index (χ3v) is 3.85. The Kier molecular flexibility index (Phi) is 4.89. The predicted octanol–water partition coefficient (Wildman–Crippen LogP) is 1.35. The molecule has 1 fully saturated rings. The van der Waals surface area contributed by atoms with E-state index in [0.29, 0.717) is 16.9 Å². The number of aromatic nitrogens is 2. The lowest BCUT2D eigenvalue weighted by Gasteiger charge is -2.27. The van der Waals surface area contributed by atoms with Gasteiger partial charge in [0.15, 0.2) is 5.16 Å². The molecule has 2 unspecified atom stereocenters. The predicted molar refractivity (Wildman–Crippen MR) is 79.1 cm³/mol. The molecule has 1 aromatic heterocycles. The quantitative estimate of drug-likeness (QED) is 0.515. The summed E-state index contributed by atoms with van der Waals surface area (Å²) in [6, 6.07) is 2.02. The molecule has 0 radical (unpaired) electrons. The first-order valence-corrected chi connectivity index (χ1v) is 7.78. The molecule has 0 aliphatic carbocycles. The Morgan fingerprint density at radius 2 is 2.26 bits per heavy atom. The standard InChI is InChI=1S/C12H19ClN4OS/c1-16(2)6-8-4-9(18)7-17(8)11-5-10(13)14-12(15-11)19-3/h5,8-9,18H,4,6-7H2,1-3H3. The van der Waals surface area contributed by atoms with Crippen molar-refractivity contribution in [2.24, 2.45) is 0 Å². The van der Waals surface area contributed by atoms with Crippen LogP contribution in [0.15, 0.2) is 11.2 Å². The number of aliphatic hydroxyl groups is 1. The second kappa shape index (κ2) is 6.26. The van der Waals surface area contributed by atoms with E-state index in [0.717, 1.165) is 18.8 Å². The van der Waals surface area contributed by atoms with Gasteiger partial charge in [-0.15, -0.1) is 0 Å². The van der Waals surface area contributed by atoms with Gasteiger partial charge in [0.05, 0.1) is 6.10 Å². The molecule has 1 N–H and O–H groups in total. The Morgan fingerprint density at radius 1 is 1.53 bits per heavy atom. The van der Waals surface area contributed by atoms with Gasteiger partial charge in [-0.25, -0.2) is 9.97 Å². The first-order chi connectivity index (χ1) is 8.99. The largest absolute Gasteiger partial charge is 0.391 e. The van der Waals surface area contributed by atoms with Gasteiger partial charge in [-0.2, -0.15) is 0 Å². The van der Waals surface area contributed by atoms with Crippen molar-refractivity contribution in [1.29, 1.82) is 0 Å². The summed E-state index contributed by atoms with van der Waals surface area (Å²) in [6.07, 6.45) is 2.37. The summed E-state index contributed by atoms with van der Waals surface area (Å²) in [7, 11) is 4.06. The highest BCUT2D eigenvalue weighted by molar-refractivity contribution is 7.98. The molecule has 0 amide bonds. The summed E-state index contributed by atoms with van der Waals surface area (Å²) in [6.45, 7) is 1.48. The SMILES string of the molecule is CSc1nc(Cl)cc(N2CC(O)CC2CN(C)C)n1. The molecule has 1 aliphatic heterocycles. The van der Waals surface area contributed by atoms with E-state index < -0.39 is 0 Å². The van der Waals surface area contributed by atoms with Gasteiger partial charge >= 0.3 is 0 Å². The van der Waals surface area contributed by atoms with Crippen LogP contribution in [0.3, 0.4) is 0 Å². The van der Waals surface area contributed by atoms with Gasteiger partial charge in [-0.1, -0.05) is 23.4 Å². The summed E-state index contributed by atoms with van der Waals surface area (Å²) in [4.78, 5) is 12.9. The van der Waals surface area contributed by atoms with E-state index >= 15 is 0 Å². The zero-order chi connectivity index (χ0) is 14.0. The highest BCUT2D eigenvalue weighted by Gasteiger charge is 2.32. The molecule has 0 bridgehead atoms. The minimum Gasteiger partial charge on any atom is -0.391 e. The van der Waals surface area contributed by atoms with E-state index in [1.165, 1.54) is 11.8 Å². The molecule has 1 aliphatic rings. The maximum absolute atomic E-state index is 9.90. The molecule has 0 saturated carbocycles. The second-order valence-electron chi connectivity index (χ2n) is 4.99. The molecule has 0 aromatic carbocycles. The van der Waals surface area contributed by atoms with Gasteiger partial charge in [-0.3, -0.25) is 0 Å². The van der Waals surface area contributed by atoms with Crippen LogP contribution in [-0.4, -0.2) is 65.6 Å². The molecule has 1 saturated heterocycles. The van der Waals surface area contributed by atoms with E-state index in [2.05, 4.69) is 19.8 Å². The number of rotatable bonds is 4. The van der Waals surface area contributed by atoms with Gasteiger partial charge in [0, 0.05) is 25.2 Å². The van der Waals surface area contributed by atoms with Crippen molar-refractivity contribution in [2.75, 3.05) is 38.3 Å². The van der Waals surface area contributed by atoms with Crippen molar-refractivity contribution in [3.05, 3.63) is 11.2 Å². The summed E-state index contributed by atoms with van der Waals surface area (Å²) < 4.78 is 0. The average Bonchev–Trinajstić information content (AvgIpc) is 2.68. The molecule has 2 heterocycles. The van der Waals surface area contributed by atoms with Crippen LogP contribution in [0.4, 0.5) is 5.82 Å². The zero-order valence-corrected chi connectivity index (χ0v) is 12.9. The Labute approximate surface area is 123 Å². The van der Waals surface area contributed by atoms with Gasteiger partial charge in [-0.05, 0) is 26.8 Å². The molecule has 0 spiro atoms. The molecule has 1 aromatic rings. The maximum Gasteiger partial charge on any atom is 0.190 e. The van der Waals surface area contributed by atoms with E-state index in [9.17, 15) is 5.11 Å². The first-order valence-electron chi connectivity index (χ1n) is 6.17. The normalized spacial score (nSPS) is 23.4. The lowest BCUT2D eigenvalue weighted by molar-refractivity contribution is 0.191. The van der Waals surface area contributed by atoms with Crippen LogP contribution in [0, 0.1) is 0 Å². The number of nitrogens with zero attached hydrogens (tertiary/aromatic N) is 4. The summed E-state index contributed by atoms with van der Waals surface area (Å²) in [5.74, 6) is 0.799. The number of halogens is 1. The third-order valence-electron chi connectivity index (χ3n) is 3.11. The Balaban J connectivity index is 2.25. The highest BCUT2D eigenvalue weighted by atomic mass is 35.5. The number of anilines is 1. The van der Waals surface area contributed by atoms with Crippen molar-refractivity contribution in [3.63, 3.8) is 0 Å². The number of β-amino-alcohol motifs (C(OH)–C–C–N with tert-alkyl or cyclic N) is 1. The first kappa shape index (κ1) is 14.8. The van der Waals surface area contributed by atoms with Gasteiger partial charge in [0.25, 0.3) is 0 Å². The fourth-order valence-electron chi connectivity index (χ4n) is 2.39. The van der Waals surface area contributed by atoms with Crippen LogP contribution in [0.1, 0.15) is 6.42 Å². The maximum atomic E-state index is 9.90. The van der Waals surface area contributed by atoms with E-state index in [1.807, 2.05) is 20.4 Å². The molecule has 2 rings (SSSR count). The molecular formula is C12H19ClN4OS. The molecule has 106 valence electrons. The Morgan fingerprint density at radius 3 is 2.89 bits per heavy atom. The molecule has 2 atom stereocenters. The van der Waals surface area contributed by atoms with Gasteiger partial charge < -0.3 is 14.9 Å². The minimum atomic E-state index is -0.309. The summed E-state index contributed by atoms with van der Waals surface area (Å²) >= 11 is 7.50. The smallest absolute Gasteiger partial charge is 0.190 e. The fraction of sp³-hybridized carbons (Fsp3) is 0.667. The van der Waals surface area contributed by atoms with Crippen molar-refractivity contribution in [3.8, 4) is 0 Å². The highest BCUT2D eigenvalue weighted by Crippen LogP contribution is 2.27. The van der Waals surface area contributed by atoms with E-state index in [-0.39, 0.29) is 12.1 Å². The topological polar surface area (TPSA) is 52.5 Å². The van der Waals surface area contributed by atoms with E-state index in [4.69, 9.17) is 11.6 Å².